The van der Waals surface area contributed by atoms with Crippen molar-refractivity contribution in [3.05, 3.63) is 60.7 Å². The van der Waals surface area contributed by atoms with Crippen LogP contribution in [0, 0.1) is 17.8 Å². The maximum Gasteiger partial charge on any atom is 0.256 e. The van der Waals surface area contributed by atoms with Gasteiger partial charge in [0.2, 0.25) is 0 Å². The molecule has 6 nitrogen and oxygen atoms in total. The van der Waals surface area contributed by atoms with Gasteiger partial charge in [-0.05, 0) is 44.0 Å². The van der Waals surface area contributed by atoms with E-state index in [1.165, 1.54) is 10.0 Å². The highest BCUT2D eigenvalue weighted by atomic mass is 16.2. The first-order valence-corrected chi connectivity index (χ1v) is 9.37. The molecule has 3 atom stereocenters. The topological polar surface area (TPSA) is 65.3 Å². The van der Waals surface area contributed by atoms with Crippen LogP contribution in [0.2, 0.25) is 0 Å². The number of hydrogen-bond acceptors (Lipinski definition) is 4. The third-order valence-corrected chi connectivity index (χ3v) is 5.42. The summed E-state index contributed by atoms with van der Waals surface area (Å²) in [5, 5.41) is 11.8. The first-order chi connectivity index (χ1) is 13.5. The van der Waals surface area contributed by atoms with Crippen molar-refractivity contribution >= 4 is 34.6 Å². The number of carbonyl (C=O) groups is 2. The molecule has 142 valence electrons. The maximum absolute atomic E-state index is 13.1. The molecule has 6 heteroatoms. The number of nitrogens with zero attached hydrogens (tertiary/aromatic N) is 4. The van der Waals surface area contributed by atoms with Gasteiger partial charge in [-0.2, -0.15) is 10.2 Å². The molecule has 2 aliphatic rings. The van der Waals surface area contributed by atoms with E-state index in [1.807, 2.05) is 81.4 Å². The molecule has 2 amide bonds. The minimum atomic E-state index is -0.449. The van der Waals surface area contributed by atoms with Crippen LogP contribution >= 0.6 is 0 Å². The normalized spacial score (nSPS) is 23.1. The lowest BCUT2D eigenvalue weighted by Crippen LogP contribution is -2.40. The second-order valence-electron chi connectivity index (χ2n) is 7.27. The Morgan fingerprint density at radius 3 is 1.43 bits per heavy atom. The van der Waals surface area contributed by atoms with Gasteiger partial charge in [-0.25, -0.2) is 10.0 Å². The monoisotopic (exact) mass is 374 g/mol. The van der Waals surface area contributed by atoms with Gasteiger partial charge < -0.3 is 0 Å². The molecule has 4 rings (SSSR count). The van der Waals surface area contributed by atoms with E-state index in [-0.39, 0.29) is 17.7 Å². The number of carbonyl (C=O) groups excluding carboxylic acids is 2. The lowest BCUT2D eigenvalue weighted by molar-refractivity contribution is -0.123. The van der Waals surface area contributed by atoms with Crippen molar-refractivity contribution in [1.29, 1.82) is 0 Å². The van der Waals surface area contributed by atoms with E-state index < -0.39 is 11.8 Å². The summed E-state index contributed by atoms with van der Waals surface area (Å²) in [7, 11) is 0. The fourth-order valence-electron chi connectivity index (χ4n) is 4.07. The standard InChI is InChI=1S/C22H22N4O2/c1-14(19-15(2)23-25(21(19)27)17-10-6-4-7-11-17)20-16(3)24-26(22(20)28)18-12-8-5-9-13-18/h4-14,19-20H,1-3H3/t14?,19-,20+. The summed E-state index contributed by atoms with van der Waals surface area (Å²) in [5.41, 5.74) is 2.91. The molecule has 0 aromatic heterocycles. The summed E-state index contributed by atoms with van der Waals surface area (Å²) >= 11 is 0. The van der Waals surface area contributed by atoms with Gasteiger partial charge in [0.25, 0.3) is 11.8 Å². The zero-order chi connectivity index (χ0) is 19.8. The molecule has 0 fully saturated rings. The number of amides is 2. The Labute approximate surface area is 164 Å². The van der Waals surface area contributed by atoms with Crippen molar-refractivity contribution in [1.82, 2.24) is 0 Å². The third kappa shape index (κ3) is 2.91. The number of anilines is 2. The zero-order valence-electron chi connectivity index (χ0n) is 16.1. The van der Waals surface area contributed by atoms with E-state index >= 15 is 0 Å². The molecular weight excluding hydrogens is 352 g/mol. The van der Waals surface area contributed by atoms with Crippen LogP contribution in [0.15, 0.2) is 70.9 Å². The summed E-state index contributed by atoms with van der Waals surface area (Å²) in [6.07, 6.45) is 0. The van der Waals surface area contributed by atoms with E-state index in [2.05, 4.69) is 10.2 Å². The van der Waals surface area contributed by atoms with Crippen molar-refractivity contribution in [3.8, 4) is 0 Å². The third-order valence-electron chi connectivity index (χ3n) is 5.42. The van der Waals surface area contributed by atoms with Gasteiger partial charge in [0.15, 0.2) is 0 Å². The minimum Gasteiger partial charge on any atom is -0.272 e. The van der Waals surface area contributed by atoms with E-state index in [4.69, 9.17) is 0 Å². The van der Waals surface area contributed by atoms with Crippen molar-refractivity contribution in [2.75, 3.05) is 10.0 Å². The average Bonchev–Trinajstić information content (AvgIpc) is 3.17. The predicted molar refractivity (Wildman–Crippen MR) is 110 cm³/mol. The van der Waals surface area contributed by atoms with Crippen LogP contribution in [-0.2, 0) is 9.59 Å². The van der Waals surface area contributed by atoms with Crippen LogP contribution in [0.4, 0.5) is 11.4 Å². The molecule has 0 radical (unpaired) electrons. The van der Waals surface area contributed by atoms with Crippen molar-refractivity contribution < 1.29 is 9.59 Å². The van der Waals surface area contributed by atoms with Crippen LogP contribution in [0.25, 0.3) is 0 Å². The van der Waals surface area contributed by atoms with Crippen LogP contribution in [0.5, 0.6) is 0 Å². The van der Waals surface area contributed by atoms with Gasteiger partial charge in [-0.3, -0.25) is 9.59 Å². The smallest absolute Gasteiger partial charge is 0.256 e. The van der Waals surface area contributed by atoms with E-state index in [0.29, 0.717) is 0 Å². The average molecular weight is 374 g/mol. The maximum atomic E-state index is 13.1. The second kappa shape index (κ2) is 7.03. The van der Waals surface area contributed by atoms with Gasteiger partial charge in [0.1, 0.15) is 0 Å². The Kier molecular flexibility index (Phi) is 4.55. The number of hydrazone groups is 2. The number of rotatable bonds is 4. The molecule has 1 unspecified atom stereocenters. The van der Waals surface area contributed by atoms with Crippen LogP contribution in [-0.4, -0.2) is 23.2 Å². The molecule has 2 aromatic rings. The quantitative estimate of drug-likeness (QED) is 0.819. The first-order valence-electron chi connectivity index (χ1n) is 9.37. The van der Waals surface area contributed by atoms with Gasteiger partial charge in [0, 0.05) is 11.4 Å². The summed E-state index contributed by atoms with van der Waals surface area (Å²) in [4.78, 5) is 26.3. The molecule has 0 saturated carbocycles. The molecular formula is C22H22N4O2. The van der Waals surface area contributed by atoms with Crippen LogP contribution in [0.3, 0.4) is 0 Å². The Hall–Kier alpha value is -3.28. The fourth-order valence-corrected chi connectivity index (χ4v) is 4.07. The molecule has 0 bridgehead atoms. The largest absolute Gasteiger partial charge is 0.272 e. The lowest BCUT2D eigenvalue weighted by atomic mass is 9.78. The van der Waals surface area contributed by atoms with Crippen molar-refractivity contribution in [2.24, 2.45) is 28.0 Å². The molecule has 0 aliphatic carbocycles. The predicted octanol–water partition coefficient (Wildman–Crippen LogP) is 3.70. The van der Waals surface area contributed by atoms with Gasteiger partial charge in [0.05, 0.1) is 23.2 Å². The zero-order valence-corrected chi connectivity index (χ0v) is 16.1. The molecule has 28 heavy (non-hydrogen) atoms. The van der Waals surface area contributed by atoms with Gasteiger partial charge >= 0.3 is 0 Å². The highest BCUT2D eigenvalue weighted by Crippen LogP contribution is 2.36. The Morgan fingerprint density at radius 1 is 0.714 bits per heavy atom. The van der Waals surface area contributed by atoms with Crippen LogP contribution < -0.4 is 10.0 Å². The number of benzene rings is 2. The van der Waals surface area contributed by atoms with E-state index in [0.717, 1.165) is 22.8 Å². The van der Waals surface area contributed by atoms with Crippen molar-refractivity contribution in [3.63, 3.8) is 0 Å². The molecule has 2 aliphatic heterocycles. The molecule has 0 spiro atoms. The highest BCUT2D eigenvalue weighted by Gasteiger charge is 2.47. The number of hydrogen-bond donors (Lipinski definition) is 0. The second-order valence-corrected chi connectivity index (χ2v) is 7.27. The first kappa shape index (κ1) is 18.1. The van der Waals surface area contributed by atoms with E-state index in [1.54, 1.807) is 0 Å². The SMILES string of the molecule is CC1=NN(c2ccccc2)C(=O)[C@H]1C(C)[C@H]1C(=O)N(c2ccccc2)N=C1C. The summed E-state index contributed by atoms with van der Waals surface area (Å²) in [6, 6.07) is 18.7. The van der Waals surface area contributed by atoms with E-state index in [9.17, 15) is 9.59 Å². The number of para-hydroxylation sites is 2. The Morgan fingerprint density at radius 2 is 1.07 bits per heavy atom. The molecule has 2 heterocycles. The van der Waals surface area contributed by atoms with Gasteiger partial charge in [-0.1, -0.05) is 43.3 Å². The molecule has 2 aromatic carbocycles. The molecule has 0 N–H and O–H groups in total. The highest BCUT2D eigenvalue weighted by molar-refractivity contribution is 6.18. The van der Waals surface area contributed by atoms with Gasteiger partial charge in [-0.15, -0.1) is 0 Å². The molecule has 0 saturated heterocycles. The fraction of sp³-hybridized carbons (Fsp3) is 0.273. The lowest BCUT2D eigenvalue weighted by Gasteiger charge is -2.24. The minimum absolute atomic E-state index is 0.102. The Balaban J connectivity index is 1.59. The van der Waals surface area contributed by atoms with Crippen molar-refractivity contribution in [2.45, 2.75) is 20.8 Å². The summed E-state index contributed by atoms with van der Waals surface area (Å²) in [6.45, 7) is 5.64. The summed E-state index contributed by atoms with van der Waals surface area (Å²) in [5.74, 6) is -1.34. The van der Waals surface area contributed by atoms with Crippen LogP contribution in [0.1, 0.15) is 20.8 Å². The Bertz CT molecular complexity index is 889. The summed E-state index contributed by atoms with van der Waals surface area (Å²) < 4.78 is 0.